The number of carbonyl (C=O) groups is 1. The summed E-state index contributed by atoms with van der Waals surface area (Å²) in [5, 5.41) is 6.24. The molecule has 0 saturated carbocycles. The normalized spacial score (nSPS) is 22.9. The fourth-order valence-electron chi connectivity index (χ4n) is 2.29. The Balaban J connectivity index is 2.05. The standard InChI is InChI=1S/C14H19FN2O2/c1-9-8-16-6-5-12(9)17-14(18)10-3-4-13(19-2)11(15)7-10/h3-4,7,9,12,16H,5-6,8H2,1-2H3,(H,17,18). The average Bonchev–Trinajstić information content (AvgIpc) is 2.41. The molecule has 2 atom stereocenters. The first-order valence-electron chi connectivity index (χ1n) is 6.47. The number of hydrogen-bond donors (Lipinski definition) is 2. The number of ether oxygens (including phenoxy) is 1. The van der Waals surface area contributed by atoms with Crippen LogP contribution in [0.25, 0.3) is 0 Å². The van der Waals surface area contributed by atoms with E-state index in [1.807, 2.05) is 0 Å². The second-order valence-corrected chi connectivity index (χ2v) is 4.90. The lowest BCUT2D eigenvalue weighted by Crippen LogP contribution is -2.48. The quantitative estimate of drug-likeness (QED) is 0.873. The van der Waals surface area contributed by atoms with Crippen LogP contribution >= 0.6 is 0 Å². The van der Waals surface area contributed by atoms with Gasteiger partial charge in [-0.3, -0.25) is 4.79 Å². The van der Waals surface area contributed by atoms with E-state index in [9.17, 15) is 9.18 Å². The molecule has 4 nitrogen and oxygen atoms in total. The number of rotatable bonds is 3. The molecule has 104 valence electrons. The van der Waals surface area contributed by atoms with Crippen LogP contribution in [-0.2, 0) is 0 Å². The third-order valence-electron chi connectivity index (χ3n) is 3.52. The Bertz CT molecular complexity index is 465. The van der Waals surface area contributed by atoms with E-state index < -0.39 is 5.82 Å². The van der Waals surface area contributed by atoms with Crippen LogP contribution in [0.3, 0.4) is 0 Å². The fourth-order valence-corrected chi connectivity index (χ4v) is 2.29. The summed E-state index contributed by atoms with van der Waals surface area (Å²) < 4.78 is 18.4. The van der Waals surface area contributed by atoms with E-state index in [2.05, 4.69) is 17.6 Å². The molecule has 1 amide bonds. The summed E-state index contributed by atoms with van der Waals surface area (Å²) >= 11 is 0. The zero-order chi connectivity index (χ0) is 13.8. The molecule has 0 radical (unpaired) electrons. The lowest BCUT2D eigenvalue weighted by atomic mass is 9.95. The van der Waals surface area contributed by atoms with Gasteiger partial charge in [-0.1, -0.05) is 6.92 Å². The van der Waals surface area contributed by atoms with Gasteiger partial charge in [0.15, 0.2) is 11.6 Å². The SMILES string of the molecule is COc1ccc(C(=O)NC2CCNCC2C)cc1F. The lowest BCUT2D eigenvalue weighted by Gasteiger charge is -2.30. The molecular formula is C14H19FN2O2. The highest BCUT2D eigenvalue weighted by Crippen LogP contribution is 2.18. The number of piperidine rings is 1. The first-order valence-corrected chi connectivity index (χ1v) is 6.47. The van der Waals surface area contributed by atoms with Crippen molar-refractivity contribution < 1.29 is 13.9 Å². The van der Waals surface area contributed by atoms with Gasteiger partial charge >= 0.3 is 0 Å². The van der Waals surface area contributed by atoms with Crippen LogP contribution < -0.4 is 15.4 Å². The van der Waals surface area contributed by atoms with Gasteiger partial charge in [-0.2, -0.15) is 0 Å². The number of amides is 1. The van der Waals surface area contributed by atoms with E-state index in [1.54, 1.807) is 6.07 Å². The van der Waals surface area contributed by atoms with Gasteiger partial charge in [-0.25, -0.2) is 4.39 Å². The molecule has 2 rings (SSSR count). The van der Waals surface area contributed by atoms with Crippen molar-refractivity contribution in [1.29, 1.82) is 0 Å². The molecule has 1 aromatic rings. The number of hydrogen-bond acceptors (Lipinski definition) is 3. The van der Waals surface area contributed by atoms with E-state index in [0.29, 0.717) is 11.5 Å². The van der Waals surface area contributed by atoms with Crippen LogP contribution in [0.1, 0.15) is 23.7 Å². The molecule has 19 heavy (non-hydrogen) atoms. The molecule has 0 aliphatic carbocycles. The second kappa shape index (κ2) is 6.02. The predicted octanol–water partition coefficient (Wildman–Crippen LogP) is 1.56. The summed E-state index contributed by atoms with van der Waals surface area (Å²) in [6, 6.07) is 4.39. The van der Waals surface area contributed by atoms with Crippen LogP contribution in [0.15, 0.2) is 18.2 Å². The van der Waals surface area contributed by atoms with Gasteiger partial charge in [0.25, 0.3) is 5.91 Å². The molecule has 1 fully saturated rings. The van der Waals surface area contributed by atoms with Gasteiger partial charge in [0.1, 0.15) is 0 Å². The molecular weight excluding hydrogens is 247 g/mol. The Hall–Kier alpha value is -1.62. The molecule has 5 heteroatoms. The minimum Gasteiger partial charge on any atom is -0.494 e. The zero-order valence-electron chi connectivity index (χ0n) is 11.2. The van der Waals surface area contributed by atoms with E-state index in [0.717, 1.165) is 19.5 Å². The van der Waals surface area contributed by atoms with Gasteiger partial charge in [-0.05, 0) is 43.6 Å². The van der Waals surface area contributed by atoms with Crippen LogP contribution in [-0.4, -0.2) is 32.1 Å². The number of benzene rings is 1. The average molecular weight is 266 g/mol. The number of methoxy groups -OCH3 is 1. The van der Waals surface area contributed by atoms with Crippen molar-refractivity contribution in [3.8, 4) is 5.75 Å². The van der Waals surface area contributed by atoms with Crippen molar-refractivity contribution >= 4 is 5.91 Å². The highest BCUT2D eigenvalue weighted by molar-refractivity contribution is 5.94. The van der Waals surface area contributed by atoms with Crippen molar-refractivity contribution in [2.75, 3.05) is 20.2 Å². The maximum Gasteiger partial charge on any atom is 0.251 e. The van der Waals surface area contributed by atoms with Crippen molar-refractivity contribution in [3.63, 3.8) is 0 Å². The molecule has 2 N–H and O–H groups in total. The van der Waals surface area contributed by atoms with E-state index in [4.69, 9.17) is 4.74 Å². The molecule has 1 aromatic carbocycles. The first kappa shape index (κ1) is 13.8. The molecule has 2 unspecified atom stereocenters. The van der Waals surface area contributed by atoms with Crippen molar-refractivity contribution in [1.82, 2.24) is 10.6 Å². The maximum absolute atomic E-state index is 13.6. The van der Waals surface area contributed by atoms with Crippen molar-refractivity contribution in [3.05, 3.63) is 29.6 Å². The summed E-state index contributed by atoms with van der Waals surface area (Å²) in [7, 11) is 1.40. The van der Waals surface area contributed by atoms with Crippen LogP contribution in [0.4, 0.5) is 4.39 Å². The van der Waals surface area contributed by atoms with Gasteiger partial charge < -0.3 is 15.4 Å². The molecule has 1 heterocycles. The predicted molar refractivity (Wildman–Crippen MR) is 70.9 cm³/mol. The monoisotopic (exact) mass is 266 g/mol. The van der Waals surface area contributed by atoms with Crippen LogP contribution in [0.5, 0.6) is 5.75 Å². The van der Waals surface area contributed by atoms with Crippen molar-refractivity contribution in [2.45, 2.75) is 19.4 Å². The molecule has 1 aliphatic heterocycles. The molecule has 1 saturated heterocycles. The fraction of sp³-hybridized carbons (Fsp3) is 0.500. The van der Waals surface area contributed by atoms with Gasteiger partial charge in [0.05, 0.1) is 7.11 Å². The number of nitrogens with one attached hydrogen (secondary N) is 2. The summed E-state index contributed by atoms with van der Waals surface area (Å²) in [6.45, 7) is 3.87. The van der Waals surface area contributed by atoms with E-state index in [-0.39, 0.29) is 17.7 Å². The Morgan fingerprint density at radius 3 is 2.95 bits per heavy atom. The highest BCUT2D eigenvalue weighted by atomic mass is 19.1. The van der Waals surface area contributed by atoms with Gasteiger partial charge in [0, 0.05) is 11.6 Å². The number of carbonyl (C=O) groups excluding carboxylic acids is 1. The van der Waals surface area contributed by atoms with Crippen LogP contribution in [0.2, 0.25) is 0 Å². The Morgan fingerprint density at radius 1 is 1.53 bits per heavy atom. The summed E-state index contributed by atoms with van der Waals surface area (Å²) in [4.78, 5) is 12.1. The van der Waals surface area contributed by atoms with E-state index >= 15 is 0 Å². The van der Waals surface area contributed by atoms with Gasteiger partial charge in [-0.15, -0.1) is 0 Å². The topological polar surface area (TPSA) is 50.4 Å². The summed E-state index contributed by atoms with van der Waals surface area (Å²) in [5.41, 5.74) is 0.323. The maximum atomic E-state index is 13.6. The van der Waals surface area contributed by atoms with Gasteiger partial charge in [0.2, 0.25) is 0 Å². The summed E-state index contributed by atoms with van der Waals surface area (Å²) in [5.74, 6) is -0.235. The third kappa shape index (κ3) is 3.23. The zero-order valence-corrected chi connectivity index (χ0v) is 11.2. The van der Waals surface area contributed by atoms with Crippen LogP contribution in [0, 0.1) is 11.7 Å². The molecule has 0 aromatic heterocycles. The Morgan fingerprint density at radius 2 is 2.32 bits per heavy atom. The molecule has 0 bridgehead atoms. The second-order valence-electron chi connectivity index (χ2n) is 4.90. The molecule has 0 spiro atoms. The lowest BCUT2D eigenvalue weighted by molar-refractivity contribution is 0.0913. The largest absolute Gasteiger partial charge is 0.494 e. The Kier molecular flexibility index (Phi) is 4.37. The summed E-state index contributed by atoms with van der Waals surface area (Å²) in [6.07, 6.45) is 0.894. The highest BCUT2D eigenvalue weighted by Gasteiger charge is 2.23. The molecule has 1 aliphatic rings. The first-order chi connectivity index (χ1) is 9.11. The smallest absolute Gasteiger partial charge is 0.251 e. The third-order valence-corrected chi connectivity index (χ3v) is 3.52. The minimum atomic E-state index is -0.520. The van der Waals surface area contributed by atoms with Crippen molar-refractivity contribution in [2.24, 2.45) is 5.92 Å². The Labute approximate surface area is 112 Å². The van der Waals surface area contributed by atoms with E-state index in [1.165, 1.54) is 19.2 Å². The minimum absolute atomic E-state index is 0.138. The number of halogens is 1.